The van der Waals surface area contributed by atoms with E-state index in [9.17, 15) is 4.79 Å². The maximum atomic E-state index is 12.0. The molecule has 2 aromatic carbocycles. The van der Waals surface area contributed by atoms with Crippen LogP contribution in [0, 0.1) is 11.8 Å². The molecule has 0 aromatic heterocycles. The van der Waals surface area contributed by atoms with Gasteiger partial charge < -0.3 is 4.74 Å². The van der Waals surface area contributed by atoms with Gasteiger partial charge in [0.05, 0.1) is 10.6 Å². The Hall–Kier alpha value is -2.24. The monoisotopic (exact) mass is 312 g/mol. The van der Waals surface area contributed by atoms with E-state index in [1.165, 1.54) is 0 Å². The van der Waals surface area contributed by atoms with Crippen LogP contribution in [-0.4, -0.2) is 11.6 Å². The van der Waals surface area contributed by atoms with E-state index in [0.29, 0.717) is 16.1 Å². The molecule has 0 radical (unpaired) electrons. The highest BCUT2D eigenvalue weighted by Gasteiger charge is 2.18. The maximum Gasteiger partial charge on any atom is 0.338 e. The van der Waals surface area contributed by atoms with E-state index in [4.69, 9.17) is 16.3 Å². The molecule has 0 saturated heterocycles. The molecule has 2 nitrogen and oxygen atoms in total. The Labute approximate surface area is 136 Å². The molecule has 0 heterocycles. The van der Waals surface area contributed by atoms with Crippen LogP contribution in [0.2, 0.25) is 5.02 Å². The Morgan fingerprint density at radius 2 is 1.73 bits per heavy atom. The second-order valence-electron chi connectivity index (χ2n) is 5.81. The maximum absolute atomic E-state index is 12.0. The lowest BCUT2D eigenvalue weighted by Gasteiger charge is -2.19. The smallest absolute Gasteiger partial charge is 0.338 e. The molecular weight excluding hydrogens is 296 g/mol. The van der Waals surface area contributed by atoms with Gasteiger partial charge in [0.15, 0.2) is 0 Å². The molecule has 22 heavy (non-hydrogen) atoms. The number of rotatable bonds is 1. The van der Waals surface area contributed by atoms with E-state index >= 15 is 0 Å². The van der Waals surface area contributed by atoms with E-state index in [-0.39, 0.29) is 0 Å². The van der Waals surface area contributed by atoms with Crippen LogP contribution in [0.4, 0.5) is 0 Å². The average Bonchev–Trinajstić information content (AvgIpc) is 2.45. The minimum absolute atomic E-state index is 0.392. The summed E-state index contributed by atoms with van der Waals surface area (Å²) >= 11 is 6.20. The van der Waals surface area contributed by atoms with E-state index < -0.39 is 11.6 Å². The standard InChI is InChI=1S/C19H17ClO2/c1-19(2,3)22-18(21)16-12-11-15(17(20)13-16)10-9-14-7-5-4-6-8-14/h4-8,11-13H,1-3H3. The van der Waals surface area contributed by atoms with Crippen molar-refractivity contribution in [3.63, 3.8) is 0 Å². The predicted molar refractivity (Wildman–Crippen MR) is 89.0 cm³/mol. The van der Waals surface area contributed by atoms with E-state index in [1.807, 2.05) is 51.1 Å². The third-order valence-corrected chi connectivity index (χ3v) is 3.03. The molecule has 0 fully saturated rings. The first kappa shape index (κ1) is 16.1. The van der Waals surface area contributed by atoms with Crippen LogP contribution in [0.3, 0.4) is 0 Å². The van der Waals surface area contributed by atoms with Crippen LogP contribution < -0.4 is 0 Å². The SMILES string of the molecule is CC(C)(C)OC(=O)c1ccc(C#Cc2ccccc2)c(Cl)c1. The van der Waals surface area contributed by atoms with Gasteiger partial charge in [0.2, 0.25) is 0 Å². The summed E-state index contributed by atoms with van der Waals surface area (Å²) in [5.41, 5.74) is 1.48. The van der Waals surface area contributed by atoms with Crippen LogP contribution in [0.1, 0.15) is 42.3 Å². The number of hydrogen-bond donors (Lipinski definition) is 0. The predicted octanol–water partition coefficient (Wildman–Crippen LogP) is 4.70. The first-order valence-corrected chi connectivity index (χ1v) is 7.33. The Morgan fingerprint density at radius 1 is 1.05 bits per heavy atom. The van der Waals surface area contributed by atoms with Gasteiger partial charge in [0.25, 0.3) is 0 Å². The quantitative estimate of drug-likeness (QED) is 0.564. The normalized spacial score (nSPS) is 10.5. The summed E-state index contributed by atoms with van der Waals surface area (Å²) in [7, 11) is 0. The molecule has 0 saturated carbocycles. The Bertz CT molecular complexity index is 732. The molecule has 0 aliphatic heterocycles. The second-order valence-corrected chi connectivity index (χ2v) is 6.22. The largest absolute Gasteiger partial charge is 0.456 e. The molecule has 0 N–H and O–H groups in total. The summed E-state index contributed by atoms with van der Waals surface area (Å²) in [5.74, 6) is 5.66. The summed E-state index contributed by atoms with van der Waals surface area (Å²) in [6, 6.07) is 14.6. The molecule has 3 heteroatoms. The van der Waals surface area contributed by atoms with Crippen molar-refractivity contribution < 1.29 is 9.53 Å². The van der Waals surface area contributed by atoms with Crippen LogP contribution in [0.5, 0.6) is 0 Å². The zero-order chi connectivity index (χ0) is 16.2. The van der Waals surface area contributed by atoms with Crippen LogP contribution >= 0.6 is 11.6 Å². The highest BCUT2D eigenvalue weighted by Crippen LogP contribution is 2.19. The van der Waals surface area contributed by atoms with Crippen LogP contribution in [0.15, 0.2) is 48.5 Å². The first-order chi connectivity index (χ1) is 10.3. The van der Waals surface area contributed by atoms with E-state index in [1.54, 1.807) is 18.2 Å². The number of ether oxygens (including phenoxy) is 1. The van der Waals surface area contributed by atoms with Gasteiger partial charge >= 0.3 is 5.97 Å². The summed E-state index contributed by atoms with van der Waals surface area (Å²) in [6.07, 6.45) is 0. The van der Waals surface area contributed by atoms with Gasteiger partial charge in [-0.05, 0) is 51.1 Å². The van der Waals surface area contributed by atoms with E-state index in [0.717, 1.165) is 5.56 Å². The number of hydrogen-bond acceptors (Lipinski definition) is 2. The number of esters is 1. The lowest BCUT2D eigenvalue weighted by atomic mass is 10.1. The fourth-order valence-corrected chi connectivity index (χ4v) is 1.97. The van der Waals surface area contributed by atoms with Crippen molar-refractivity contribution in [2.24, 2.45) is 0 Å². The summed E-state index contributed by atoms with van der Waals surface area (Å²) < 4.78 is 5.31. The third kappa shape index (κ3) is 4.65. The number of carbonyl (C=O) groups excluding carboxylic acids is 1. The molecule has 0 bridgehead atoms. The Morgan fingerprint density at radius 3 is 2.32 bits per heavy atom. The second kappa shape index (κ2) is 6.68. The summed E-state index contributed by atoms with van der Waals surface area (Å²) in [6.45, 7) is 5.48. The van der Waals surface area contributed by atoms with Crippen molar-refractivity contribution in [1.82, 2.24) is 0 Å². The van der Waals surface area contributed by atoms with Crippen LogP contribution in [-0.2, 0) is 4.74 Å². The Kier molecular flexibility index (Phi) is 4.90. The number of carbonyl (C=O) groups is 1. The van der Waals surface area contributed by atoms with Crippen molar-refractivity contribution in [1.29, 1.82) is 0 Å². The molecule has 2 rings (SSSR count). The van der Waals surface area contributed by atoms with Crippen molar-refractivity contribution in [2.45, 2.75) is 26.4 Å². The molecule has 0 unspecified atom stereocenters. The highest BCUT2D eigenvalue weighted by molar-refractivity contribution is 6.32. The topological polar surface area (TPSA) is 26.3 Å². The zero-order valence-electron chi connectivity index (χ0n) is 12.8. The van der Waals surface area contributed by atoms with Crippen molar-refractivity contribution in [2.75, 3.05) is 0 Å². The van der Waals surface area contributed by atoms with Gasteiger partial charge in [-0.3, -0.25) is 0 Å². The lowest BCUT2D eigenvalue weighted by molar-refractivity contribution is 0.00695. The lowest BCUT2D eigenvalue weighted by Crippen LogP contribution is -2.23. The fourth-order valence-electron chi connectivity index (χ4n) is 1.74. The molecule has 0 spiro atoms. The zero-order valence-corrected chi connectivity index (χ0v) is 13.6. The molecule has 0 aliphatic carbocycles. The van der Waals surface area contributed by atoms with Crippen molar-refractivity contribution >= 4 is 17.6 Å². The van der Waals surface area contributed by atoms with E-state index in [2.05, 4.69) is 11.8 Å². The van der Waals surface area contributed by atoms with Crippen LogP contribution in [0.25, 0.3) is 0 Å². The molecule has 112 valence electrons. The number of halogens is 1. The van der Waals surface area contributed by atoms with Gasteiger partial charge in [-0.2, -0.15) is 0 Å². The molecule has 0 amide bonds. The molecule has 0 aliphatic rings. The minimum Gasteiger partial charge on any atom is -0.456 e. The summed E-state index contributed by atoms with van der Waals surface area (Å²) in [5, 5.41) is 0.437. The van der Waals surface area contributed by atoms with Gasteiger partial charge in [-0.15, -0.1) is 0 Å². The van der Waals surface area contributed by atoms with Crippen molar-refractivity contribution in [3.05, 3.63) is 70.2 Å². The molecular formula is C19H17ClO2. The molecule has 0 atom stereocenters. The Balaban J connectivity index is 2.21. The fraction of sp³-hybridized carbons (Fsp3) is 0.211. The minimum atomic E-state index is -0.532. The number of benzene rings is 2. The van der Waals surface area contributed by atoms with Gasteiger partial charge in [0.1, 0.15) is 5.60 Å². The third-order valence-electron chi connectivity index (χ3n) is 2.72. The van der Waals surface area contributed by atoms with Gasteiger partial charge in [-0.1, -0.05) is 41.6 Å². The first-order valence-electron chi connectivity index (χ1n) is 6.95. The average molecular weight is 313 g/mol. The summed E-state index contributed by atoms with van der Waals surface area (Å²) in [4.78, 5) is 12.0. The highest BCUT2D eigenvalue weighted by atomic mass is 35.5. The van der Waals surface area contributed by atoms with Crippen molar-refractivity contribution in [3.8, 4) is 11.8 Å². The molecule has 2 aromatic rings. The van der Waals surface area contributed by atoms with Gasteiger partial charge in [-0.25, -0.2) is 4.79 Å². The van der Waals surface area contributed by atoms with Gasteiger partial charge in [0, 0.05) is 11.1 Å².